The lowest BCUT2D eigenvalue weighted by Crippen LogP contribution is -2.37. The molecule has 304 valence electrons. The second kappa shape index (κ2) is 17.3. The lowest BCUT2D eigenvalue weighted by Gasteiger charge is -2.29. The summed E-state index contributed by atoms with van der Waals surface area (Å²) in [6.45, 7) is 6.05. The summed E-state index contributed by atoms with van der Waals surface area (Å²) in [6, 6.07) is 18.7. The van der Waals surface area contributed by atoms with Crippen LogP contribution in [-0.2, 0) is 4.74 Å². The predicted octanol–water partition coefficient (Wildman–Crippen LogP) is 13.6. The van der Waals surface area contributed by atoms with Crippen LogP contribution in [0, 0.1) is 0 Å². The Morgan fingerprint density at radius 3 is 1.45 bits per heavy atom. The van der Waals surface area contributed by atoms with Gasteiger partial charge in [0.1, 0.15) is 6.10 Å². The molecule has 0 aromatic heterocycles. The molecule has 0 spiro atoms. The first-order chi connectivity index (χ1) is 26.4. The fraction of sp³-hybridized carbons (Fsp3) is 0.452. The Hall–Kier alpha value is -4.62. The number of halogens is 9. The van der Waals surface area contributed by atoms with E-state index in [0.717, 1.165) is 32.3 Å². The highest BCUT2D eigenvalue weighted by Crippen LogP contribution is 2.46. The van der Waals surface area contributed by atoms with Crippen molar-refractivity contribution >= 4 is 38.3 Å². The number of esters is 1. The summed E-state index contributed by atoms with van der Waals surface area (Å²) in [5.74, 6) is -4.44. The number of benzene rings is 5. The van der Waals surface area contributed by atoms with Crippen LogP contribution >= 0.6 is 0 Å². The highest BCUT2D eigenvalue weighted by Gasteiger charge is 2.46. The monoisotopic (exact) mass is 798 g/mol. The summed E-state index contributed by atoms with van der Waals surface area (Å²) >= 11 is 0. The van der Waals surface area contributed by atoms with E-state index in [1.807, 2.05) is 55.5 Å². The van der Waals surface area contributed by atoms with Crippen LogP contribution in [0.2, 0.25) is 0 Å². The molecule has 0 bridgehead atoms. The van der Waals surface area contributed by atoms with E-state index in [-0.39, 0.29) is 25.7 Å². The van der Waals surface area contributed by atoms with Crippen molar-refractivity contribution in [3.05, 3.63) is 77.9 Å². The van der Waals surface area contributed by atoms with Crippen LogP contribution in [0.3, 0.4) is 0 Å². The Morgan fingerprint density at radius 1 is 0.554 bits per heavy atom. The van der Waals surface area contributed by atoms with Crippen molar-refractivity contribution in [2.75, 3.05) is 0 Å². The maximum absolute atomic E-state index is 14.2. The van der Waals surface area contributed by atoms with E-state index in [1.54, 1.807) is 6.07 Å². The van der Waals surface area contributed by atoms with Crippen LogP contribution in [-0.4, -0.2) is 42.8 Å². The fourth-order valence-corrected chi connectivity index (χ4v) is 6.87. The molecular formula is C42H43F9O5. The molecular weight excluding hydrogens is 755 g/mol. The summed E-state index contributed by atoms with van der Waals surface area (Å²) in [6.07, 6.45) is -25.6. The molecule has 5 aromatic carbocycles. The van der Waals surface area contributed by atoms with Gasteiger partial charge in [-0.2, -0.15) is 39.5 Å². The Bertz CT molecular complexity index is 2030. The molecule has 5 nitrogen and oxygen atoms in total. The SMILES string of the molecule is CCCC(OC(=O)c1cc(OC(CCC)C(F)(F)F)c(OC(CCC)C(F)(F)F)c(OC(CCC)C(F)(F)F)c1)c1ccc2ccc3cccc4ccc1c2c34. The third kappa shape index (κ3) is 9.49. The van der Waals surface area contributed by atoms with Gasteiger partial charge in [0.25, 0.3) is 0 Å². The van der Waals surface area contributed by atoms with Crippen molar-refractivity contribution in [3.8, 4) is 17.2 Å². The van der Waals surface area contributed by atoms with Crippen molar-refractivity contribution in [2.24, 2.45) is 0 Å². The summed E-state index contributed by atoms with van der Waals surface area (Å²) in [7, 11) is 0. The third-order valence-electron chi connectivity index (χ3n) is 9.51. The molecule has 4 atom stereocenters. The van der Waals surface area contributed by atoms with E-state index in [0.29, 0.717) is 24.1 Å². The van der Waals surface area contributed by atoms with Gasteiger partial charge in [-0.15, -0.1) is 0 Å². The highest BCUT2D eigenvalue weighted by molar-refractivity contribution is 6.23. The van der Waals surface area contributed by atoms with Gasteiger partial charge in [0.15, 0.2) is 29.8 Å². The molecule has 0 aliphatic rings. The number of carbonyl (C=O) groups is 1. The number of hydrogen-bond donors (Lipinski definition) is 0. The van der Waals surface area contributed by atoms with Crippen LogP contribution in [0.4, 0.5) is 39.5 Å². The average molecular weight is 799 g/mol. The van der Waals surface area contributed by atoms with Gasteiger partial charge < -0.3 is 18.9 Å². The molecule has 0 saturated carbocycles. The Kier molecular flexibility index (Phi) is 13.1. The molecule has 0 radical (unpaired) electrons. The first-order valence-corrected chi connectivity index (χ1v) is 18.7. The molecule has 0 heterocycles. The van der Waals surface area contributed by atoms with E-state index in [9.17, 15) is 44.3 Å². The number of carbonyl (C=O) groups excluding carboxylic acids is 1. The largest absolute Gasteiger partial charge is 0.477 e. The Balaban J connectivity index is 1.67. The van der Waals surface area contributed by atoms with Gasteiger partial charge in [0.05, 0.1) is 5.56 Å². The molecule has 56 heavy (non-hydrogen) atoms. The Morgan fingerprint density at radius 2 is 0.982 bits per heavy atom. The minimum atomic E-state index is -5.09. The van der Waals surface area contributed by atoms with Crippen LogP contribution in [0.5, 0.6) is 17.2 Å². The number of alkyl halides is 9. The van der Waals surface area contributed by atoms with Gasteiger partial charge >= 0.3 is 24.5 Å². The molecule has 5 aromatic rings. The zero-order valence-corrected chi connectivity index (χ0v) is 31.3. The molecule has 0 saturated heterocycles. The molecule has 5 rings (SSSR count). The Labute approximate surface area is 318 Å². The van der Waals surface area contributed by atoms with Crippen molar-refractivity contribution in [2.45, 2.75) is 122 Å². The zero-order chi connectivity index (χ0) is 41.0. The van der Waals surface area contributed by atoms with Gasteiger partial charge in [-0.1, -0.05) is 108 Å². The van der Waals surface area contributed by atoms with E-state index < -0.39 is 91.0 Å². The molecule has 0 aliphatic carbocycles. The van der Waals surface area contributed by atoms with Crippen molar-refractivity contribution in [1.29, 1.82) is 0 Å². The summed E-state index contributed by atoms with van der Waals surface area (Å²) in [5, 5.41) is 5.56. The minimum absolute atomic E-state index is 0.0862. The maximum Gasteiger partial charge on any atom is 0.425 e. The first-order valence-electron chi connectivity index (χ1n) is 18.7. The van der Waals surface area contributed by atoms with Crippen molar-refractivity contribution < 1.29 is 63.3 Å². The topological polar surface area (TPSA) is 54.0 Å². The van der Waals surface area contributed by atoms with E-state index >= 15 is 0 Å². The second-order valence-electron chi connectivity index (χ2n) is 13.8. The minimum Gasteiger partial charge on any atom is -0.477 e. The van der Waals surface area contributed by atoms with Crippen LogP contribution in [0.1, 0.15) is 101 Å². The molecule has 0 amide bonds. The fourth-order valence-electron chi connectivity index (χ4n) is 6.87. The average Bonchev–Trinajstić information content (AvgIpc) is 3.12. The normalized spacial score (nSPS) is 14.9. The van der Waals surface area contributed by atoms with E-state index in [1.165, 1.54) is 20.8 Å². The standard InChI is InChI=1S/C42H43F9O5/c1-5-10-30(28-20-18-26-17-16-24-14-9-15-25-19-21-29(28)37(26)36(24)25)55-39(52)27-22-31(53-33(11-6-2)40(43,44)45)38(56-35(13-8-4)42(49,50)51)32(23-27)54-34(12-7-3)41(46,47)48/h9,14-23,30,33-35H,5-8,10-13H2,1-4H3. The summed E-state index contributed by atoms with van der Waals surface area (Å²) in [5.41, 5.74) is -0.0124. The molecule has 0 fully saturated rings. The third-order valence-corrected chi connectivity index (χ3v) is 9.51. The molecule has 0 aliphatic heterocycles. The van der Waals surface area contributed by atoms with Crippen LogP contribution in [0.15, 0.2) is 66.7 Å². The smallest absolute Gasteiger partial charge is 0.425 e. The quantitative estimate of drug-likeness (QED) is 0.0533. The van der Waals surface area contributed by atoms with E-state index in [4.69, 9.17) is 18.9 Å². The lowest BCUT2D eigenvalue weighted by molar-refractivity contribution is -0.205. The predicted molar refractivity (Wildman–Crippen MR) is 196 cm³/mol. The first kappa shape index (κ1) is 42.5. The van der Waals surface area contributed by atoms with Gasteiger partial charge in [-0.3, -0.25) is 0 Å². The summed E-state index contributed by atoms with van der Waals surface area (Å²) in [4.78, 5) is 14.1. The number of ether oxygens (including phenoxy) is 4. The summed E-state index contributed by atoms with van der Waals surface area (Å²) < 4.78 is 150. The lowest BCUT2D eigenvalue weighted by atomic mass is 9.89. The maximum atomic E-state index is 14.2. The van der Waals surface area contributed by atoms with Gasteiger partial charge in [-0.25, -0.2) is 4.79 Å². The van der Waals surface area contributed by atoms with Gasteiger partial charge in [-0.05, 0) is 70.1 Å². The second-order valence-corrected chi connectivity index (χ2v) is 13.8. The zero-order valence-electron chi connectivity index (χ0n) is 31.3. The molecule has 4 unspecified atom stereocenters. The van der Waals surface area contributed by atoms with Crippen molar-refractivity contribution in [1.82, 2.24) is 0 Å². The van der Waals surface area contributed by atoms with Crippen molar-refractivity contribution in [3.63, 3.8) is 0 Å². The van der Waals surface area contributed by atoms with E-state index in [2.05, 4.69) is 0 Å². The molecule has 14 heteroatoms. The van der Waals surface area contributed by atoms with Gasteiger partial charge in [0, 0.05) is 5.56 Å². The molecule has 0 N–H and O–H groups in total. The van der Waals surface area contributed by atoms with Crippen LogP contribution < -0.4 is 14.2 Å². The number of hydrogen-bond acceptors (Lipinski definition) is 5. The number of rotatable bonds is 17. The van der Waals surface area contributed by atoms with Crippen LogP contribution in [0.25, 0.3) is 32.3 Å². The highest BCUT2D eigenvalue weighted by atomic mass is 19.4. The van der Waals surface area contributed by atoms with Gasteiger partial charge in [0.2, 0.25) is 5.75 Å².